The third-order valence-electron chi connectivity index (χ3n) is 10.9. The van der Waals surface area contributed by atoms with Gasteiger partial charge in [-0.15, -0.1) is 0 Å². The van der Waals surface area contributed by atoms with Crippen molar-refractivity contribution in [3.63, 3.8) is 0 Å². The van der Waals surface area contributed by atoms with E-state index in [1.54, 1.807) is 68.9 Å². The summed E-state index contributed by atoms with van der Waals surface area (Å²) in [6, 6.07) is 29.4. The molecule has 1 heterocycles. The van der Waals surface area contributed by atoms with Crippen molar-refractivity contribution in [2.45, 2.75) is 70.5 Å². The summed E-state index contributed by atoms with van der Waals surface area (Å²) in [5.41, 5.74) is 6.28. The number of nitrogens with zero attached hydrogens (tertiary/aromatic N) is 1. The first-order valence-corrected chi connectivity index (χ1v) is 19.8. The van der Waals surface area contributed by atoms with E-state index in [0.29, 0.717) is 42.7 Å². The molecule has 1 aromatic heterocycles. The van der Waals surface area contributed by atoms with E-state index in [4.69, 9.17) is 9.47 Å². The van der Waals surface area contributed by atoms with E-state index in [0.717, 1.165) is 39.4 Å². The van der Waals surface area contributed by atoms with Crippen LogP contribution in [0.2, 0.25) is 0 Å². The van der Waals surface area contributed by atoms with Gasteiger partial charge in [0.25, 0.3) is 0 Å². The highest BCUT2D eigenvalue weighted by atomic mass is 16.5. The number of Topliss-reactive ketones (excluding diaryl/α,β-unsaturated/α-hetero) is 1. The van der Waals surface area contributed by atoms with E-state index in [-0.39, 0.29) is 48.4 Å². The lowest BCUT2D eigenvalue weighted by Gasteiger charge is -2.27. The van der Waals surface area contributed by atoms with Gasteiger partial charge in [0.05, 0.1) is 19.3 Å². The number of aliphatic hydroxyl groups excluding tert-OH is 2. The topological polar surface area (TPSA) is 163 Å². The van der Waals surface area contributed by atoms with Gasteiger partial charge < -0.3 is 40.0 Å². The summed E-state index contributed by atoms with van der Waals surface area (Å²) >= 11 is 0. The molecule has 0 saturated heterocycles. The summed E-state index contributed by atoms with van der Waals surface area (Å²) in [6.45, 7) is 4.15. The number of aromatic hydroxyl groups is 3. The van der Waals surface area contributed by atoms with Crippen LogP contribution in [-0.2, 0) is 36.9 Å². The van der Waals surface area contributed by atoms with Crippen LogP contribution in [0.5, 0.6) is 28.7 Å². The second kappa shape index (κ2) is 19.6. The molecule has 6 aromatic rings. The maximum absolute atomic E-state index is 14.5. The molecule has 0 bridgehead atoms. The van der Waals surface area contributed by atoms with Crippen molar-refractivity contribution >= 4 is 16.6 Å². The minimum atomic E-state index is -1.07. The molecule has 0 saturated carbocycles. The van der Waals surface area contributed by atoms with Crippen LogP contribution in [0.4, 0.5) is 0 Å². The van der Waals surface area contributed by atoms with Gasteiger partial charge in [0, 0.05) is 30.9 Å². The molecule has 6 N–H and O–H groups in total. The monoisotopic (exact) mass is 785 g/mol. The summed E-state index contributed by atoms with van der Waals surface area (Å²) in [6.07, 6.45) is 4.04. The maximum atomic E-state index is 14.5. The first-order valence-electron chi connectivity index (χ1n) is 19.8. The van der Waals surface area contributed by atoms with Crippen molar-refractivity contribution in [2.24, 2.45) is 5.92 Å². The third-order valence-corrected chi connectivity index (χ3v) is 10.9. The summed E-state index contributed by atoms with van der Waals surface area (Å²) in [5, 5.41) is 58.9. The van der Waals surface area contributed by atoms with Crippen LogP contribution in [0.25, 0.3) is 10.8 Å². The van der Waals surface area contributed by atoms with Gasteiger partial charge in [-0.1, -0.05) is 79.2 Å². The highest BCUT2D eigenvalue weighted by Crippen LogP contribution is 2.39. The number of ether oxygens (including phenoxy) is 2. The fraction of sp³-hybridized carbons (Fsp3) is 0.312. The minimum Gasteiger partial charge on any atom is -0.670 e. The lowest BCUT2D eigenvalue weighted by Crippen LogP contribution is -2.30. The first kappa shape index (κ1) is 41.8. The van der Waals surface area contributed by atoms with Gasteiger partial charge in [-0.25, -0.2) is 0 Å². The molecule has 10 heteroatoms. The highest BCUT2D eigenvalue weighted by Gasteiger charge is 2.30. The van der Waals surface area contributed by atoms with Crippen molar-refractivity contribution in [2.75, 3.05) is 20.4 Å². The number of carbonyl (C=O) groups is 1. The van der Waals surface area contributed by atoms with Gasteiger partial charge in [0.2, 0.25) is 0 Å². The van der Waals surface area contributed by atoms with E-state index in [1.165, 1.54) is 11.6 Å². The molecule has 0 aliphatic heterocycles. The number of carbonyl (C=O) groups excluding carboxylic acids is 1. The van der Waals surface area contributed by atoms with E-state index in [1.807, 2.05) is 24.3 Å². The number of fused-ring (bicyclic) bond motifs is 1. The van der Waals surface area contributed by atoms with E-state index >= 15 is 0 Å². The molecule has 10 nitrogen and oxygen atoms in total. The molecule has 58 heavy (non-hydrogen) atoms. The second-order valence-corrected chi connectivity index (χ2v) is 15.0. The van der Waals surface area contributed by atoms with Gasteiger partial charge in [0.1, 0.15) is 18.3 Å². The number of aromatic nitrogens is 1. The first-order chi connectivity index (χ1) is 28.0. The Labute approximate surface area is 339 Å². The predicted octanol–water partition coefficient (Wildman–Crippen LogP) is 7.13. The number of aryl methyl sites for hydroxylation is 1. The Morgan fingerprint density at radius 1 is 0.810 bits per heavy atom. The number of nitrogens with one attached hydrogen (secondary N) is 1. The second-order valence-electron chi connectivity index (χ2n) is 15.0. The van der Waals surface area contributed by atoms with Crippen LogP contribution in [0.15, 0.2) is 109 Å². The van der Waals surface area contributed by atoms with Gasteiger partial charge in [0.15, 0.2) is 23.0 Å². The Morgan fingerprint density at radius 2 is 1.60 bits per heavy atom. The normalized spacial score (nSPS) is 13.5. The molecule has 5 aromatic carbocycles. The molecular formula is C48H53N2O8-. The molecular weight excluding hydrogens is 733 g/mol. The Kier molecular flexibility index (Phi) is 14.1. The largest absolute Gasteiger partial charge is 0.670 e. The lowest BCUT2D eigenvalue weighted by molar-refractivity contribution is -0.123. The van der Waals surface area contributed by atoms with Crippen LogP contribution in [0.1, 0.15) is 65.1 Å². The molecule has 6 rings (SSSR count). The smallest absolute Gasteiger partial charge is 0.164 e. The Hall–Kier alpha value is -5.81. The SMILES string of the molecule is CCc1ccc2ccccc2c1Cc1c(CC(Cc2cc[n-]c2)C(O)CC(=O)C(Cc2ccc(O)c(OCNCC(C)O)c2)c2cccc(O)c2)ccc(O)c1OC. The highest BCUT2D eigenvalue weighted by molar-refractivity contribution is 5.88. The molecule has 0 fully saturated rings. The molecule has 0 amide bonds. The average molecular weight is 786 g/mol. The third kappa shape index (κ3) is 10.4. The van der Waals surface area contributed by atoms with Crippen LogP contribution >= 0.6 is 0 Å². The Morgan fingerprint density at radius 3 is 2.34 bits per heavy atom. The van der Waals surface area contributed by atoms with Crippen LogP contribution in [-0.4, -0.2) is 63.9 Å². The number of hydrogen-bond acceptors (Lipinski definition) is 9. The number of hydrogen-bond donors (Lipinski definition) is 6. The van der Waals surface area contributed by atoms with Crippen molar-refractivity contribution in [1.82, 2.24) is 10.3 Å². The molecule has 0 radical (unpaired) electrons. The standard InChI is InChI=1S/C48H53N2O8/c1-4-33-13-14-34-8-5-6-11-39(34)40(33)25-42-36(15-17-44(54)48(42)57-3)23-37(20-32-18-19-49-28-32)45(55)26-46(56)41(35-9-7-10-38(52)24-35)21-31-12-16-43(53)47(22-31)58-29-50-27-30(2)51/h5-19,22,24,28,30,37,41,45,50-55H,4,20-21,23,25-27,29H2,1-3H3/q-1. The Bertz CT molecular complexity index is 2290. The number of rotatable bonds is 20. The van der Waals surface area contributed by atoms with Crippen LogP contribution in [0, 0.1) is 5.92 Å². The van der Waals surface area contributed by atoms with Crippen molar-refractivity contribution in [3.8, 4) is 28.7 Å². The van der Waals surface area contributed by atoms with E-state index in [2.05, 4.69) is 41.5 Å². The minimum absolute atomic E-state index is 0.0163. The summed E-state index contributed by atoms with van der Waals surface area (Å²) in [4.78, 5) is 18.7. The van der Waals surface area contributed by atoms with Crippen LogP contribution < -0.4 is 19.8 Å². The fourth-order valence-electron chi connectivity index (χ4n) is 7.85. The van der Waals surface area contributed by atoms with Crippen molar-refractivity contribution < 1.29 is 39.8 Å². The molecule has 4 unspecified atom stereocenters. The molecule has 304 valence electrons. The molecule has 0 aliphatic carbocycles. The predicted molar refractivity (Wildman–Crippen MR) is 225 cm³/mol. The zero-order valence-corrected chi connectivity index (χ0v) is 33.3. The maximum Gasteiger partial charge on any atom is 0.164 e. The number of benzene rings is 5. The van der Waals surface area contributed by atoms with Gasteiger partial charge >= 0.3 is 0 Å². The average Bonchev–Trinajstić information content (AvgIpc) is 3.73. The van der Waals surface area contributed by atoms with Gasteiger partial charge in [-0.2, -0.15) is 12.4 Å². The summed E-state index contributed by atoms with van der Waals surface area (Å²) in [7, 11) is 1.55. The lowest BCUT2D eigenvalue weighted by atomic mass is 9.80. The van der Waals surface area contributed by atoms with E-state index < -0.39 is 24.0 Å². The Balaban J connectivity index is 1.31. The number of phenols is 3. The molecule has 0 aliphatic rings. The number of aliphatic hydroxyl groups is 2. The quantitative estimate of drug-likeness (QED) is 0.0347. The van der Waals surface area contributed by atoms with E-state index in [9.17, 15) is 30.3 Å². The summed E-state index contributed by atoms with van der Waals surface area (Å²) < 4.78 is 11.6. The van der Waals surface area contributed by atoms with Crippen molar-refractivity contribution in [1.29, 1.82) is 0 Å². The summed E-state index contributed by atoms with van der Waals surface area (Å²) in [5.74, 6) is -0.807. The zero-order chi connectivity index (χ0) is 41.2. The molecule has 4 atom stereocenters. The fourth-order valence-corrected chi connectivity index (χ4v) is 7.85. The molecule has 0 spiro atoms. The van der Waals surface area contributed by atoms with Crippen LogP contribution in [0.3, 0.4) is 0 Å². The number of phenolic OH excluding ortho intramolecular Hbond substituents is 3. The van der Waals surface area contributed by atoms with Gasteiger partial charge in [-0.05, 0) is 107 Å². The number of ketones is 1. The van der Waals surface area contributed by atoms with Gasteiger partial charge in [-0.3, -0.25) is 10.1 Å². The zero-order valence-electron chi connectivity index (χ0n) is 33.3. The van der Waals surface area contributed by atoms with Crippen molar-refractivity contribution in [3.05, 3.63) is 148 Å². The number of methoxy groups -OCH3 is 1.